The number of likely N-dealkylation sites (N-methyl/N-ethyl adjacent to an activating group) is 1. The third-order valence-electron chi connectivity index (χ3n) is 4.59. The average molecular weight is 475 g/mol. The summed E-state index contributed by atoms with van der Waals surface area (Å²) < 4.78 is 38.3. The highest BCUT2D eigenvalue weighted by molar-refractivity contribution is 7.92. The molecule has 168 valence electrons. The van der Waals surface area contributed by atoms with Gasteiger partial charge in [-0.05, 0) is 48.0 Å². The Kier molecular flexibility index (Phi) is 7.61. The Bertz CT molecular complexity index is 1170. The van der Waals surface area contributed by atoms with E-state index in [1.165, 1.54) is 37.4 Å². The zero-order chi connectivity index (χ0) is 23.1. The van der Waals surface area contributed by atoms with Crippen molar-refractivity contribution in [2.45, 2.75) is 11.4 Å². The standard InChI is InChI=1S/C23H23ClN2O5S/c1-26(15-17-6-4-3-5-7-17)23(27)16-31-19-9-11-20(12-10-19)32(28,29)25-18-8-13-22(30-2)21(24)14-18/h3-14,25H,15-16H2,1-2H3. The average Bonchev–Trinajstić information content (AvgIpc) is 2.78. The summed E-state index contributed by atoms with van der Waals surface area (Å²) in [5.74, 6) is 0.640. The molecule has 0 spiro atoms. The first kappa shape index (κ1) is 23.4. The number of benzene rings is 3. The quantitative estimate of drug-likeness (QED) is 0.502. The van der Waals surface area contributed by atoms with E-state index in [4.69, 9.17) is 21.1 Å². The molecule has 0 heterocycles. The maximum absolute atomic E-state index is 12.6. The second-order valence-electron chi connectivity index (χ2n) is 6.95. The molecule has 0 bridgehead atoms. The Labute approximate surface area is 192 Å². The Morgan fingerprint density at radius 1 is 1.03 bits per heavy atom. The van der Waals surface area contributed by atoms with Crippen molar-refractivity contribution in [2.24, 2.45) is 0 Å². The van der Waals surface area contributed by atoms with Crippen LogP contribution in [0.15, 0.2) is 77.7 Å². The predicted molar refractivity (Wildman–Crippen MR) is 124 cm³/mol. The molecule has 32 heavy (non-hydrogen) atoms. The van der Waals surface area contributed by atoms with Crippen molar-refractivity contribution in [2.75, 3.05) is 25.5 Å². The van der Waals surface area contributed by atoms with Crippen LogP contribution in [-0.4, -0.2) is 40.0 Å². The van der Waals surface area contributed by atoms with Crippen LogP contribution in [0.1, 0.15) is 5.56 Å². The van der Waals surface area contributed by atoms with Gasteiger partial charge in [-0.2, -0.15) is 0 Å². The second-order valence-corrected chi connectivity index (χ2v) is 9.04. The molecule has 0 aromatic heterocycles. The molecule has 0 aliphatic heterocycles. The van der Waals surface area contributed by atoms with Gasteiger partial charge in [-0.1, -0.05) is 41.9 Å². The first-order valence-electron chi connectivity index (χ1n) is 9.65. The summed E-state index contributed by atoms with van der Waals surface area (Å²) >= 11 is 6.05. The molecule has 0 saturated carbocycles. The predicted octanol–water partition coefficient (Wildman–Crippen LogP) is 4.19. The molecule has 0 aliphatic carbocycles. The van der Waals surface area contributed by atoms with E-state index >= 15 is 0 Å². The number of carbonyl (C=O) groups is 1. The van der Waals surface area contributed by atoms with E-state index in [0.29, 0.717) is 28.8 Å². The highest BCUT2D eigenvalue weighted by atomic mass is 35.5. The number of ether oxygens (including phenoxy) is 2. The molecule has 0 fully saturated rings. The van der Waals surface area contributed by atoms with Crippen LogP contribution >= 0.6 is 11.6 Å². The fourth-order valence-corrected chi connectivity index (χ4v) is 4.17. The maximum atomic E-state index is 12.6. The number of anilines is 1. The van der Waals surface area contributed by atoms with Gasteiger partial charge in [0.2, 0.25) is 0 Å². The molecule has 1 N–H and O–H groups in total. The van der Waals surface area contributed by atoms with Crippen LogP contribution in [-0.2, 0) is 21.4 Å². The summed E-state index contributed by atoms with van der Waals surface area (Å²) in [5.41, 5.74) is 1.33. The SMILES string of the molecule is COc1ccc(NS(=O)(=O)c2ccc(OCC(=O)N(C)Cc3ccccc3)cc2)cc1Cl. The van der Waals surface area contributed by atoms with Crippen molar-refractivity contribution in [3.05, 3.63) is 83.4 Å². The monoisotopic (exact) mass is 474 g/mol. The van der Waals surface area contributed by atoms with Gasteiger partial charge in [0.15, 0.2) is 6.61 Å². The molecule has 7 nitrogen and oxygen atoms in total. The van der Waals surface area contributed by atoms with E-state index in [1.54, 1.807) is 24.1 Å². The fourth-order valence-electron chi connectivity index (χ4n) is 2.86. The molecule has 3 aromatic rings. The smallest absolute Gasteiger partial charge is 0.261 e. The van der Waals surface area contributed by atoms with Crippen molar-refractivity contribution in [3.63, 3.8) is 0 Å². The van der Waals surface area contributed by atoms with Crippen LogP contribution in [0, 0.1) is 0 Å². The minimum absolute atomic E-state index is 0.0457. The number of nitrogens with zero attached hydrogens (tertiary/aromatic N) is 1. The molecule has 3 aromatic carbocycles. The first-order chi connectivity index (χ1) is 15.3. The Balaban J connectivity index is 1.58. The fraction of sp³-hybridized carbons (Fsp3) is 0.174. The van der Waals surface area contributed by atoms with Gasteiger partial charge in [-0.25, -0.2) is 8.42 Å². The van der Waals surface area contributed by atoms with Gasteiger partial charge < -0.3 is 14.4 Å². The van der Waals surface area contributed by atoms with Gasteiger partial charge in [-0.15, -0.1) is 0 Å². The van der Waals surface area contributed by atoms with E-state index in [9.17, 15) is 13.2 Å². The molecular weight excluding hydrogens is 452 g/mol. The van der Waals surface area contributed by atoms with Gasteiger partial charge in [0.25, 0.3) is 15.9 Å². The van der Waals surface area contributed by atoms with Crippen molar-refractivity contribution in [3.8, 4) is 11.5 Å². The zero-order valence-electron chi connectivity index (χ0n) is 17.6. The molecule has 0 aliphatic rings. The molecule has 0 unspecified atom stereocenters. The van der Waals surface area contributed by atoms with Gasteiger partial charge in [-0.3, -0.25) is 9.52 Å². The van der Waals surface area contributed by atoms with E-state index < -0.39 is 10.0 Å². The van der Waals surface area contributed by atoms with Crippen LogP contribution in [0.5, 0.6) is 11.5 Å². The highest BCUT2D eigenvalue weighted by Gasteiger charge is 2.16. The maximum Gasteiger partial charge on any atom is 0.261 e. The molecule has 3 rings (SSSR count). The number of amides is 1. The largest absolute Gasteiger partial charge is 0.495 e. The number of carbonyl (C=O) groups excluding carboxylic acids is 1. The molecule has 0 saturated heterocycles. The van der Waals surface area contributed by atoms with Gasteiger partial charge in [0.1, 0.15) is 11.5 Å². The number of sulfonamides is 1. The highest BCUT2D eigenvalue weighted by Crippen LogP contribution is 2.28. The lowest BCUT2D eigenvalue weighted by Crippen LogP contribution is -2.30. The van der Waals surface area contributed by atoms with Crippen molar-refractivity contribution in [1.29, 1.82) is 0 Å². The van der Waals surface area contributed by atoms with E-state index in [0.717, 1.165) is 5.56 Å². The van der Waals surface area contributed by atoms with E-state index in [-0.39, 0.29) is 17.4 Å². The zero-order valence-corrected chi connectivity index (χ0v) is 19.2. The van der Waals surface area contributed by atoms with Gasteiger partial charge >= 0.3 is 0 Å². The molecule has 0 radical (unpaired) electrons. The summed E-state index contributed by atoms with van der Waals surface area (Å²) in [6.45, 7) is 0.319. The van der Waals surface area contributed by atoms with Crippen LogP contribution in [0.25, 0.3) is 0 Å². The third-order valence-corrected chi connectivity index (χ3v) is 6.28. The Morgan fingerprint density at radius 3 is 2.34 bits per heavy atom. The summed E-state index contributed by atoms with van der Waals surface area (Å²) in [6, 6.07) is 20.0. The van der Waals surface area contributed by atoms with Crippen LogP contribution in [0.3, 0.4) is 0 Å². The molecular formula is C23H23ClN2O5S. The van der Waals surface area contributed by atoms with Crippen molar-refractivity contribution < 1.29 is 22.7 Å². The lowest BCUT2D eigenvalue weighted by Gasteiger charge is -2.17. The summed E-state index contributed by atoms with van der Waals surface area (Å²) in [5, 5.41) is 0.290. The van der Waals surface area contributed by atoms with Gasteiger partial charge in [0.05, 0.1) is 22.7 Å². The number of halogens is 1. The summed E-state index contributed by atoms with van der Waals surface area (Å²) in [4.78, 5) is 13.9. The lowest BCUT2D eigenvalue weighted by molar-refractivity contribution is -0.132. The third kappa shape index (κ3) is 6.15. The number of hydrogen-bond donors (Lipinski definition) is 1. The number of hydrogen-bond acceptors (Lipinski definition) is 5. The normalized spacial score (nSPS) is 11.0. The Hall–Kier alpha value is -3.23. The van der Waals surface area contributed by atoms with E-state index in [1.807, 2.05) is 30.3 Å². The minimum Gasteiger partial charge on any atom is -0.495 e. The number of nitrogens with one attached hydrogen (secondary N) is 1. The molecule has 9 heteroatoms. The van der Waals surface area contributed by atoms with Gasteiger partial charge in [0, 0.05) is 13.6 Å². The number of rotatable bonds is 9. The first-order valence-corrected chi connectivity index (χ1v) is 11.5. The second kappa shape index (κ2) is 10.4. The van der Waals surface area contributed by atoms with Crippen LogP contribution in [0.4, 0.5) is 5.69 Å². The molecule has 0 atom stereocenters. The van der Waals surface area contributed by atoms with E-state index in [2.05, 4.69) is 4.72 Å². The topological polar surface area (TPSA) is 84.9 Å². The summed E-state index contributed by atoms with van der Waals surface area (Å²) in [7, 11) is -0.650. The van der Waals surface area contributed by atoms with Crippen molar-refractivity contribution in [1.82, 2.24) is 4.90 Å². The van der Waals surface area contributed by atoms with Crippen LogP contribution in [0.2, 0.25) is 5.02 Å². The van der Waals surface area contributed by atoms with Crippen LogP contribution < -0.4 is 14.2 Å². The molecule has 1 amide bonds. The number of methoxy groups -OCH3 is 1. The lowest BCUT2D eigenvalue weighted by atomic mass is 10.2. The summed E-state index contributed by atoms with van der Waals surface area (Å²) in [6.07, 6.45) is 0. The minimum atomic E-state index is -3.83. The van der Waals surface area contributed by atoms with Crippen molar-refractivity contribution >= 4 is 33.2 Å². The Morgan fingerprint density at radius 2 is 1.72 bits per heavy atom.